The molecule has 0 bridgehead atoms. The van der Waals surface area contributed by atoms with Gasteiger partial charge >= 0.3 is 0 Å². The third-order valence-electron chi connectivity index (χ3n) is 6.93. The van der Waals surface area contributed by atoms with E-state index < -0.39 is 6.04 Å². The minimum Gasteiger partial charge on any atom is -0.343 e. The molecule has 2 aliphatic heterocycles. The second kappa shape index (κ2) is 11.8. The lowest BCUT2D eigenvalue weighted by atomic mass is 9.96. The van der Waals surface area contributed by atoms with Gasteiger partial charge < -0.3 is 15.1 Å². The molecule has 0 aliphatic carbocycles. The van der Waals surface area contributed by atoms with Crippen LogP contribution in [0.15, 0.2) is 11.6 Å². The van der Waals surface area contributed by atoms with E-state index >= 15 is 0 Å². The van der Waals surface area contributed by atoms with Crippen LogP contribution >= 0.6 is 0 Å². The number of amides is 3. The highest BCUT2D eigenvalue weighted by atomic mass is 16.2. The number of carbonyl (C=O) groups excluding carboxylic acids is 3. The molecule has 1 N–H and O–H groups in total. The summed E-state index contributed by atoms with van der Waals surface area (Å²) in [5, 5.41) is 3.04. The molecular weight excluding hydrogens is 404 g/mol. The average molecular weight is 449 g/mol. The molecule has 7 heteroatoms. The number of rotatable bonds is 8. The van der Waals surface area contributed by atoms with Crippen LogP contribution in [0.2, 0.25) is 0 Å². The summed E-state index contributed by atoms with van der Waals surface area (Å²) in [4.78, 5) is 45.0. The average Bonchev–Trinajstić information content (AvgIpc) is 3.28. The lowest BCUT2D eigenvalue weighted by molar-refractivity contribution is -0.139. The third-order valence-corrected chi connectivity index (χ3v) is 6.93. The van der Waals surface area contributed by atoms with Gasteiger partial charge in [-0.3, -0.25) is 19.3 Å². The Balaban J connectivity index is 2.14. The number of hydrogen-bond acceptors (Lipinski definition) is 4. The van der Waals surface area contributed by atoms with Crippen molar-refractivity contribution < 1.29 is 14.4 Å². The quantitative estimate of drug-likeness (QED) is 0.580. The molecular formula is C25H44N4O3. The molecule has 32 heavy (non-hydrogen) atoms. The zero-order valence-corrected chi connectivity index (χ0v) is 21.2. The summed E-state index contributed by atoms with van der Waals surface area (Å²) in [6.07, 6.45) is 7.00. The van der Waals surface area contributed by atoms with Crippen LogP contribution in [0, 0.1) is 11.8 Å². The molecule has 0 aromatic heterocycles. The Bertz CT molecular complexity index is 697. The van der Waals surface area contributed by atoms with Crippen LogP contribution in [-0.2, 0) is 14.4 Å². The third kappa shape index (κ3) is 6.56. The minimum atomic E-state index is -0.591. The van der Waals surface area contributed by atoms with Crippen molar-refractivity contribution in [2.45, 2.75) is 84.8 Å². The maximum atomic E-state index is 13.5. The van der Waals surface area contributed by atoms with E-state index in [-0.39, 0.29) is 41.6 Å². The van der Waals surface area contributed by atoms with Gasteiger partial charge in [0.25, 0.3) is 0 Å². The van der Waals surface area contributed by atoms with Gasteiger partial charge in [-0.25, -0.2) is 0 Å². The maximum absolute atomic E-state index is 13.5. The highest BCUT2D eigenvalue weighted by molar-refractivity contribution is 5.93. The van der Waals surface area contributed by atoms with Gasteiger partial charge in [-0.15, -0.1) is 0 Å². The highest BCUT2D eigenvalue weighted by Crippen LogP contribution is 2.20. The summed E-state index contributed by atoms with van der Waals surface area (Å²) in [6, 6.07) is -0.985. The first kappa shape index (κ1) is 26.4. The number of hydrogen-bond donors (Lipinski definition) is 1. The van der Waals surface area contributed by atoms with Gasteiger partial charge in [-0.2, -0.15) is 0 Å². The van der Waals surface area contributed by atoms with E-state index in [1.54, 1.807) is 11.9 Å². The van der Waals surface area contributed by atoms with E-state index in [0.717, 1.165) is 51.7 Å². The van der Waals surface area contributed by atoms with Crippen molar-refractivity contribution in [3.63, 3.8) is 0 Å². The van der Waals surface area contributed by atoms with Crippen LogP contribution < -0.4 is 5.32 Å². The summed E-state index contributed by atoms with van der Waals surface area (Å²) in [5.74, 6) is -0.0129. The molecule has 2 heterocycles. The van der Waals surface area contributed by atoms with Crippen LogP contribution in [0.1, 0.15) is 66.7 Å². The molecule has 3 atom stereocenters. The Morgan fingerprint density at radius 3 is 2.09 bits per heavy atom. The standard InChI is InChI=1S/C25H44N4O3/c1-17(2)21(16-19(5)24(31)29-14-10-11-15-29)28(7)25(32)22(18(3)4)26-23(30)20-12-8-9-13-27(20)6/h16-18,20-22H,8-15H2,1-7H3,(H,26,30)/t20?,21-,22+/m1/s1. The molecule has 3 amide bonds. The summed E-state index contributed by atoms with van der Waals surface area (Å²) in [5.41, 5.74) is 0.680. The zero-order chi connectivity index (χ0) is 24.0. The molecule has 2 aliphatic rings. The molecule has 0 aromatic rings. The van der Waals surface area contributed by atoms with Gasteiger partial charge in [-0.05, 0) is 58.0 Å². The molecule has 0 radical (unpaired) electrons. The normalized spacial score (nSPS) is 22.2. The highest BCUT2D eigenvalue weighted by Gasteiger charge is 2.34. The summed E-state index contributed by atoms with van der Waals surface area (Å²) in [6.45, 7) is 12.4. The SMILES string of the molecule is CC(=C[C@H](C(C)C)N(C)C(=O)[C@@H](NC(=O)C1CCCCN1C)C(C)C)C(=O)N1CCCC1. The Kier molecular flexibility index (Phi) is 9.74. The predicted octanol–water partition coefficient (Wildman–Crippen LogP) is 2.66. The fraction of sp³-hybridized carbons (Fsp3) is 0.800. The van der Waals surface area contributed by atoms with E-state index in [1.807, 2.05) is 38.8 Å². The van der Waals surface area contributed by atoms with Gasteiger partial charge in [0.15, 0.2) is 0 Å². The molecule has 2 rings (SSSR count). The summed E-state index contributed by atoms with van der Waals surface area (Å²) < 4.78 is 0. The Morgan fingerprint density at radius 2 is 1.56 bits per heavy atom. The van der Waals surface area contributed by atoms with E-state index in [1.165, 1.54) is 0 Å². The smallest absolute Gasteiger partial charge is 0.249 e. The van der Waals surface area contributed by atoms with Gasteiger partial charge in [0, 0.05) is 25.7 Å². The van der Waals surface area contributed by atoms with Gasteiger partial charge in [0.1, 0.15) is 6.04 Å². The Hall–Kier alpha value is -1.89. The van der Waals surface area contributed by atoms with Crippen LogP contribution in [0.3, 0.4) is 0 Å². The Morgan fingerprint density at radius 1 is 0.969 bits per heavy atom. The molecule has 0 saturated carbocycles. The maximum Gasteiger partial charge on any atom is 0.249 e. The van der Waals surface area contributed by atoms with E-state index in [4.69, 9.17) is 0 Å². The minimum absolute atomic E-state index is 0.0353. The topological polar surface area (TPSA) is 73.0 Å². The second-order valence-corrected chi connectivity index (χ2v) is 10.3. The van der Waals surface area contributed by atoms with E-state index in [9.17, 15) is 14.4 Å². The number of likely N-dealkylation sites (N-methyl/N-ethyl adjacent to an activating group) is 2. The lowest BCUT2D eigenvalue weighted by Crippen LogP contribution is -2.57. The van der Waals surface area contributed by atoms with Crippen molar-refractivity contribution >= 4 is 17.7 Å². The number of nitrogens with one attached hydrogen (secondary N) is 1. The van der Waals surface area contributed by atoms with E-state index in [2.05, 4.69) is 24.1 Å². The van der Waals surface area contributed by atoms with Crippen LogP contribution in [-0.4, -0.2) is 84.3 Å². The van der Waals surface area contributed by atoms with Crippen molar-refractivity contribution in [1.82, 2.24) is 20.0 Å². The summed E-state index contributed by atoms with van der Waals surface area (Å²) >= 11 is 0. The molecule has 2 saturated heterocycles. The van der Waals surface area contributed by atoms with Crippen LogP contribution in [0.25, 0.3) is 0 Å². The first-order valence-electron chi connectivity index (χ1n) is 12.3. The van der Waals surface area contributed by atoms with Crippen molar-refractivity contribution in [2.24, 2.45) is 11.8 Å². The van der Waals surface area contributed by atoms with Crippen molar-refractivity contribution in [3.8, 4) is 0 Å². The number of nitrogens with zero attached hydrogens (tertiary/aromatic N) is 3. The van der Waals surface area contributed by atoms with Gasteiger partial charge in [0.2, 0.25) is 17.7 Å². The first-order chi connectivity index (χ1) is 15.0. The van der Waals surface area contributed by atoms with Gasteiger partial charge in [0.05, 0.1) is 12.1 Å². The number of piperidine rings is 1. The second-order valence-electron chi connectivity index (χ2n) is 10.3. The van der Waals surface area contributed by atoms with Gasteiger partial charge in [-0.1, -0.05) is 40.2 Å². The summed E-state index contributed by atoms with van der Waals surface area (Å²) in [7, 11) is 3.76. The van der Waals surface area contributed by atoms with Crippen molar-refractivity contribution in [1.29, 1.82) is 0 Å². The fourth-order valence-corrected chi connectivity index (χ4v) is 4.78. The molecule has 0 aromatic carbocycles. The molecule has 7 nitrogen and oxygen atoms in total. The lowest BCUT2D eigenvalue weighted by Gasteiger charge is -2.36. The monoisotopic (exact) mass is 448 g/mol. The molecule has 182 valence electrons. The number of carbonyl (C=O) groups is 3. The van der Waals surface area contributed by atoms with Crippen LogP contribution in [0.5, 0.6) is 0 Å². The zero-order valence-electron chi connectivity index (χ0n) is 21.2. The predicted molar refractivity (Wildman–Crippen MR) is 128 cm³/mol. The largest absolute Gasteiger partial charge is 0.343 e. The van der Waals surface area contributed by atoms with Crippen LogP contribution in [0.4, 0.5) is 0 Å². The Labute approximate surface area is 194 Å². The fourth-order valence-electron chi connectivity index (χ4n) is 4.78. The molecule has 1 unspecified atom stereocenters. The van der Waals surface area contributed by atoms with E-state index in [0.29, 0.717) is 5.57 Å². The molecule has 2 fully saturated rings. The van der Waals surface area contributed by atoms with Crippen molar-refractivity contribution in [3.05, 3.63) is 11.6 Å². The molecule has 0 spiro atoms. The van der Waals surface area contributed by atoms with Crippen molar-refractivity contribution in [2.75, 3.05) is 33.7 Å². The first-order valence-corrected chi connectivity index (χ1v) is 12.3. The number of likely N-dealkylation sites (tertiary alicyclic amines) is 2.